The summed E-state index contributed by atoms with van der Waals surface area (Å²) in [5, 5.41) is 0. The summed E-state index contributed by atoms with van der Waals surface area (Å²) in [6.45, 7) is 12.2. The van der Waals surface area contributed by atoms with Crippen LogP contribution in [0.4, 0.5) is 10.5 Å². The number of anilines is 1. The molecule has 168 valence electrons. The molecule has 2 saturated heterocycles. The van der Waals surface area contributed by atoms with Crippen molar-refractivity contribution in [2.24, 2.45) is 5.92 Å². The number of benzene rings is 1. The standard InChI is InChI=1S/C22H35N3O4S/c1-22(2,3)29-21(26)25-11-9-18(10-12-25)17-23-13-15-24(16-14-23)19-5-7-20(8-6-19)30(4,27)28/h5-8,18H,9-17H2,1-4H3. The molecule has 1 aromatic carbocycles. The predicted molar refractivity (Wildman–Crippen MR) is 119 cm³/mol. The van der Waals surface area contributed by atoms with Crippen molar-refractivity contribution < 1.29 is 17.9 Å². The van der Waals surface area contributed by atoms with Crippen LogP contribution < -0.4 is 4.90 Å². The molecule has 0 unspecified atom stereocenters. The Bertz CT molecular complexity index is 817. The van der Waals surface area contributed by atoms with Crippen LogP contribution in [0.1, 0.15) is 33.6 Å². The summed E-state index contributed by atoms with van der Waals surface area (Å²) in [5.74, 6) is 0.615. The summed E-state index contributed by atoms with van der Waals surface area (Å²) in [6, 6.07) is 7.18. The fraction of sp³-hybridized carbons (Fsp3) is 0.682. The first-order chi connectivity index (χ1) is 14.0. The molecule has 1 aromatic rings. The van der Waals surface area contributed by atoms with E-state index in [1.54, 1.807) is 12.1 Å². The Morgan fingerprint density at radius 2 is 1.57 bits per heavy atom. The van der Waals surface area contributed by atoms with Crippen LogP contribution in [0.3, 0.4) is 0 Å². The lowest BCUT2D eigenvalue weighted by Gasteiger charge is -2.39. The first kappa shape index (κ1) is 22.9. The van der Waals surface area contributed by atoms with Gasteiger partial charge in [-0.25, -0.2) is 13.2 Å². The number of piperazine rings is 1. The third-order valence-corrected chi connectivity index (χ3v) is 6.91. The van der Waals surface area contributed by atoms with Gasteiger partial charge in [-0.1, -0.05) is 0 Å². The lowest BCUT2D eigenvalue weighted by Crippen LogP contribution is -2.49. The summed E-state index contributed by atoms with van der Waals surface area (Å²) >= 11 is 0. The number of piperidine rings is 1. The van der Waals surface area contributed by atoms with Gasteiger partial charge in [-0.2, -0.15) is 0 Å². The SMILES string of the molecule is CC(C)(C)OC(=O)N1CCC(CN2CCN(c3ccc(S(C)(=O)=O)cc3)CC2)CC1. The van der Waals surface area contributed by atoms with Gasteiger partial charge >= 0.3 is 6.09 Å². The quantitative estimate of drug-likeness (QED) is 0.721. The minimum absolute atomic E-state index is 0.198. The van der Waals surface area contributed by atoms with Crippen molar-refractivity contribution in [2.45, 2.75) is 44.1 Å². The van der Waals surface area contributed by atoms with Gasteiger partial charge < -0.3 is 14.5 Å². The molecule has 0 spiro atoms. The highest BCUT2D eigenvalue weighted by atomic mass is 32.2. The van der Waals surface area contributed by atoms with Crippen LogP contribution in [0.25, 0.3) is 0 Å². The van der Waals surface area contributed by atoms with Gasteiger partial charge in [0.15, 0.2) is 9.84 Å². The molecule has 2 aliphatic heterocycles. The largest absolute Gasteiger partial charge is 0.444 e. The van der Waals surface area contributed by atoms with Crippen molar-refractivity contribution in [3.8, 4) is 0 Å². The molecule has 0 radical (unpaired) electrons. The molecule has 2 fully saturated rings. The second-order valence-corrected chi connectivity index (χ2v) is 11.5. The average molecular weight is 438 g/mol. The highest BCUT2D eigenvalue weighted by Gasteiger charge is 2.28. The third-order valence-electron chi connectivity index (χ3n) is 5.78. The van der Waals surface area contributed by atoms with E-state index in [0.29, 0.717) is 10.8 Å². The van der Waals surface area contributed by atoms with E-state index < -0.39 is 15.4 Å². The van der Waals surface area contributed by atoms with Crippen LogP contribution in [0, 0.1) is 5.92 Å². The molecule has 0 bridgehead atoms. The fourth-order valence-electron chi connectivity index (χ4n) is 4.08. The summed E-state index contributed by atoms with van der Waals surface area (Å²) in [5.41, 5.74) is 0.631. The van der Waals surface area contributed by atoms with Crippen molar-refractivity contribution >= 4 is 21.6 Å². The van der Waals surface area contributed by atoms with E-state index in [0.717, 1.165) is 64.3 Å². The first-order valence-corrected chi connectivity index (χ1v) is 12.7. The van der Waals surface area contributed by atoms with Gasteiger partial charge in [-0.3, -0.25) is 4.90 Å². The summed E-state index contributed by atoms with van der Waals surface area (Å²) in [6.07, 6.45) is 3.08. The summed E-state index contributed by atoms with van der Waals surface area (Å²) < 4.78 is 28.7. The normalized spacial score (nSPS) is 19.7. The minimum atomic E-state index is -3.15. The van der Waals surface area contributed by atoms with Gasteiger partial charge in [0.25, 0.3) is 0 Å². The zero-order valence-electron chi connectivity index (χ0n) is 18.6. The van der Waals surface area contributed by atoms with Crippen molar-refractivity contribution in [2.75, 3.05) is 57.0 Å². The molecule has 2 aliphatic rings. The minimum Gasteiger partial charge on any atom is -0.444 e. The maximum atomic E-state index is 12.2. The van der Waals surface area contributed by atoms with E-state index in [-0.39, 0.29) is 6.09 Å². The van der Waals surface area contributed by atoms with Crippen LogP contribution in [-0.2, 0) is 14.6 Å². The number of ether oxygens (including phenoxy) is 1. The number of nitrogens with zero attached hydrogens (tertiary/aromatic N) is 3. The van der Waals surface area contributed by atoms with E-state index in [9.17, 15) is 13.2 Å². The maximum Gasteiger partial charge on any atom is 0.410 e. The zero-order valence-corrected chi connectivity index (χ0v) is 19.5. The van der Waals surface area contributed by atoms with Crippen molar-refractivity contribution in [1.29, 1.82) is 0 Å². The smallest absolute Gasteiger partial charge is 0.410 e. The number of sulfone groups is 1. The monoisotopic (exact) mass is 437 g/mol. The molecule has 0 aliphatic carbocycles. The van der Waals surface area contributed by atoms with Crippen LogP contribution in [0.2, 0.25) is 0 Å². The number of hydrogen-bond acceptors (Lipinski definition) is 6. The third kappa shape index (κ3) is 6.35. The van der Waals surface area contributed by atoms with E-state index in [4.69, 9.17) is 4.74 Å². The van der Waals surface area contributed by atoms with Gasteiger partial charge in [-0.15, -0.1) is 0 Å². The molecule has 30 heavy (non-hydrogen) atoms. The number of likely N-dealkylation sites (tertiary alicyclic amines) is 1. The lowest BCUT2D eigenvalue weighted by molar-refractivity contribution is 0.0169. The van der Waals surface area contributed by atoms with Crippen molar-refractivity contribution in [3.63, 3.8) is 0 Å². The van der Waals surface area contributed by atoms with Crippen molar-refractivity contribution in [1.82, 2.24) is 9.80 Å². The highest BCUT2D eigenvalue weighted by Crippen LogP contribution is 2.23. The zero-order chi connectivity index (χ0) is 21.9. The molecule has 8 heteroatoms. The van der Waals surface area contributed by atoms with Gasteiger partial charge in [0.2, 0.25) is 0 Å². The lowest BCUT2D eigenvalue weighted by atomic mass is 9.96. The Kier molecular flexibility index (Phi) is 6.97. The Morgan fingerprint density at radius 1 is 1.00 bits per heavy atom. The molecule has 0 saturated carbocycles. The molecule has 0 N–H and O–H groups in total. The second kappa shape index (κ2) is 9.14. The molecule has 7 nitrogen and oxygen atoms in total. The number of carbonyl (C=O) groups excluding carboxylic acids is 1. The number of carbonyl (C=O) groups is 1. The Labute approximate surface area is 180 Å². The Balaban J connectivity index is 1.42. The van der Waals surface area contributed by atoms with Crippen LogP contribution >= 0.6 is 0 Å². The van der Waals surface area contributed by atoms with Crippen LogP contribution in [0.5, 0.6) is 0 Å². The highest BCUT2D eigenvalue weighted by molar-refractivity contribution is 7.90. The average Bonchev–Trinajstić information content (AvgIpc) is 2.67. The van der Waals surface area contributed by atoms with E-state index >= 15 is 0 Å². The maximum absolute atomic E-state index is 12.2. The number of amides is 1. The molecule has 0 atom stereocenters. The fourth-order valence-corrected chi connectivity index (χ4v) is 4.71. The van der Waals surface area contributed by atoms with Crippen molar-refractivity contribution in [3.05, 3.63) is 24.3 Å². The van der Waals surface area contributed by atoms with Gasteiger partial charge in [0.1, 0.15) is 5.60 Å². The van der Waals surface area contributed by atoms with Gasteiger partial charge in [0.05, 0.1) is 4.90 Å². The second-order valence-electron chi connectivity index (χ2n) is 9.46. The topological polar surface area (TPSA) is 70.2 Å². The molecule has 3 rings (SSSR count). The van der Waals surface area contributed by atoms with E-state index in [1.807, 2.05) is 37.8 Å². The number of rotatable bonds is 4. The molecular formula is C22H35N3O4S. The predicted octanol–water partition coefficient (Wildman–Crippen LogP) is 2.86. The van der Waals surface area contributed by atoms with E-state index in [1.165, 1.54) is 6.26 Å². The van der Waals surface area contributed by atoms with E-state index in [2.05, 4.69) is 9.80 Å². The summed E-state index contributed by atoms with van der Waals surface area (Å²) in [4.78, 5) is 19.2. The van der Waals surface area contributed by atoms with Crippen LogP contribution in [-0.4, -0.2) is 82.0 Å². The Hall–Kier alpha value is -1.80. The summed E-state index contributed by atoms with van der Waals surface area (Å²) in [7, 11) is -3.15. The molecule has 1 amide bonds. The molecule has 0 aromatic heterocycles. The molecular weight excluding hydrogens is 402 g/mol. The Morgan fingerprint density at radius 3 is 2.07 bits per heavy atom. The number of hydrogen-bond donors (Lipinski definition) is 0. The first-order valence-electron chi connectivity index (χ1n) is 10.8. The van der Waals surface area contributed by atoms with Gasteiger partial charge in [0, 0.05) is 57.8 Å². The van der Waals surface area contributed by atoms with Gasteiger partial charge in [-0.05, 0) is 63.8 Å². The van der Waals surface area contributed by atoms with Crippen LogP contribution in [0.15, 0.2) is 29.2 Å². The molecule has 2 heterocycles.